The van der Waals surface area contributed by atoms with Crippen molar-refractivity contribution < 1.29 is 4.39 Å². The van der Waals surface area contributed by atoms with E-state index in [1.54, 1.807) is 18.0 Å². The van der Waals surface area contributed by atoms with Gasteiger partial charge >= 0.3 is 0 Å². The van der Waals surface area contributed by atoms with Gasteiger partial charge in [0.2, 0.25) is 0 Å². The van der Waals surface area contributed by atoms with E-state index >= 15 is 0 Å². The zero-order valence-electron chi connectivity index (χ0n) is 18.4. The molecule has 2 aliphatic rings. The van der Waals surface area contributed by atoms with Crippen LogP contribution in [0.5, 0.6) is 0 Å². The topological polar surface area (TPSA) is 16.1 Å². The van der Waals surface area contributed by atoms with Crippen molar-refractivity contribution in [2.75, 3.05) is 10.6 Å². The van der Waals surface area contributed by atoms with E-state index in [4.69, 9.17) is 0 Å². The molecule has 0 spiro atoms. The Morgan fingerprint density at radius 3 is 2.59 bits per heavy atom. The van der Waals surface area contributed by atoms with E-state index in [2.05, 4.69) is 56.2 Å². The van der Waals surface area contributed by atoms with Crippen LogP contribution in [0.1, 0.15) is 67.9 Å². The van der Waals surface area contributed by atoms with Crippen LogP contribution in [0.4, 0.5) is 10.1 Å². The summed E-state index contributed by atoms with van der Waals surface area (Å²) in [5, 5.41) is 0. The number of aromatic nitrogens is 1. The molecule has 0 unspecified atom stereocenters. The summed E-state index contributed by atoms with van der Waals surface area (Å²) in [6.07, 6.45) is 10.4. The highest BCUT2D eigenvalue weighted by atomic mass is 32.2. The summed E-state index contributed by atoms with van der Waals surface area (Å²) in [6.45, 7) is 12.2. The lowest BCUT2D eigenvalue weighted by Gasteiger charge is -2.36. The summed E-state index contributed by atoms with van der Waals surface area (Å²) in [7, 11) is 0. The summed E-state index contributed by atoms with van der Waals surface area (Å²) in [4.78, 5) is 4.57. The molecule has 0 bridgehead atoms. The SMILES string of the molecule is CCc1c(C)c2c(c(C)c1C1=CCC(C)(C)CC1)-c1ncc(F)cc1CN2SC. The van der Waals surface area contributed by atoms with E-state index in [9.17, 15) is 4.39 Å². The van der Waals surface area contributed by atoms with Crippen LogP contribution in [0.25, 0.3) is 16.8 Å². The van der Waals surface area contributed by atoms with Gasteiger partial charge in [0.15, 0.2) is 0 Å². The van der Waals surface area contributed by atoms with Gasteiger partial charge in [0, 0.05) is 17.4 Å². The molecule has 0 saturated heterocycles. The minimum Gasteiger partial charge on any atom is -0.311 e. The molecule has 2 nitrogen and oxygen atoms in total. The van der Waals surface area contributed by atoms with E-state index in [-0.39, 0.29) is 5.82 Å². The molecule has 0 saturated carbocycles. The van der Waals surface area contributed by atoms with Gasteiger partial charge in [-0.15, -0.1) is 0 Å². The number of fused-ring (bicyclic) bond motifs is 3. The van der Waals surface area contributed by atoms with Gasteiger partial charge < -0.3 is 4.31 Å². The Hall–Kier alpha value is -1.81. The summed E-state index contributed by atoms with van der Waals surface area (Å²) < 4.78 is 16.3. The van der Waals surface area contributed by atoms with Crippen LogP contribution in [-0.2, 0) is 13.0 Å². The van der Waals surface area contributed by atoms with Crippen LogP contribution < -0.4 is 4.31 Å². The van der Waals surface area contributed by atoms with E-state index in [1.807, 2.05) is 0 Å². The van der Waals surface area contributed by atoms with Gasteiger partial charge in [-0.3, -0.25) is 4.98 Å². The Morgan fingerprint density at radius 1 is 1.21 bits per heavy atom. The minimum atomic E-state index is -0.259. The molecule has 1 aromatic heterocycles. The number of halogens is 1. The molecule has 154 valence electrons. The van der Waals surface area contributed by atoms with Crippen molar-refractivity contribution in [3.8, 4) is 11.3 Å². The molecule has 0 amide bonds. The van der Waals surface area contributed by atoms with E-state index in [1.165, 1.54) is 51.7 Å². The van der Waals surface area contributed by atoms with Crippen LogP contribution in [0, 0.1) is 25.1 Å². The lowest BCUT2D eigenvalue weighted by atomic mass is 9.74. The van der Waals surface area contributed by atoms with Gasteiger partial charge in [-0.2, -0.15) is 0 Å². The number of benzene rings is 1. The number of nitrogens with zero attached hydrogens (tertiary/aromatic N) is 2. The highest BCUT2D eigenvalue weighted by Crippen LogP contribution is 2.50. The number of allylic oxidation sites excluding steroid dienone is 2. The highest BCUT2D eigenvalue weighted by Gasteiger charge is 2.32. The lowest BCUT2D eigenvalue weighted by Crippen LogP contribution is -2.23. The fourth-order valence-corrected chi connectivity index (χ4v) is 5.72. The molecule has 1 aromatic carbocycles. The van der Waals surface area contributed by atoms with E-state index in [0.717, 1.165) is 30.5 Å². The molecule has 1 aliphatic carbocycles. The smallest absolute Gasteiger partial charge is 0.141 e. The molecule has 4 rings (SSSR count). The average Bonchev–Trinajstić information content (AvgIpc) is 2.69. The fraction of sp³-hybridized carbons (Fsp3) is 0.480. The van der Waals surface area contributed by atoms with Gasteiger partial charge in [-0.25, -0.2) is 4.39 Å². The maximum atomic E-state index is 13.9. The predicted molar refractivity (Wildman–Crippen MR) is 124 cm³/mol. The maximum Gasteiger partial charge on any atom is 0.141 e. The van der Waals surface area contributed by atoms with Crippen molar-refractivity contribution >= 4 is 23.2 Å². The molecule has 0 N–H and O–H groups in total. The van der Waals surface area contributed by atoms with Crippen molar-refractivity contribution in [1.82, 2.24) is 4.98 Å². The zero-order chi connectivity index (χ0) is 20.9. The van der Waals surface area contributed by atoms with Crippen molar-refractivity contribution in [1.29, 1.82) is 0 Å². The molecule has 0 radical (unpaired) electrons. The molecule has 2 aromatic rings. The van der Waals surface area contributed by atoms with Crippen LogP contribution in [0.15, 0.2) is 18.3 Å². The van der Waals surface area contributed by atoms with Crippen LogP contribution in [0.3, 0.4) is 0 Å². The Kier molecular flexibility index (Phi) is 5.27. The molecular formula is C25H31FN2S. The van der Waals surface area contributed by atoms with E-state index < -0.39 is 0 Å². The lowest BCUT2D eigenvalue weighted by molar-refractivity contribution is 0.335. The quantitative estimate of drug-likeness (QED) is 0.495. The Bertz CT molecular complexity index is 1010. The Balaban J connectivity index is 2.01. The fourth-order valence-electron chi connectivity index (χ4n) is 5.05. The predicted octanol–water partition coefficient (Wildman–Crippen LogP) is 7.26. The van der Waals surface area contributed by atoms with Crippen LogP contribution in [0.2, 0.25) is 0 Å². The standard InChI is InChI=1S/C25H31FN2S/c1-7-20-15(2)24-22(16(3)21(20)17-8-10-25(4,5)11-9-17)23-18(14-28(24)29-6)12-19(26)13-27-23/h8,12-13H,7,9-11,14H2,1-6H3. The molecule has 4 heteroatoms. The molecule has 0 fully saturated rings. The largest absolute Gasteiger partial charge is 0.311 e. The van der Waals surface area contributed by atoms with Gasteiger partial charge in [-0.05, 0) is 78.8 Å². The number of hydrogen-bond donors (Lipinski definition) is 0. The van der Waals surface area contributed by atoms with Crippen molar-refractivity contribution in [3.63, 3.8) is 0 Å². The molecular weight excluding hydrogens is 379 g/mol. The number of rotatable bonds is 3. The van der Waals surface area contributed by atoms with Crippen LogP contribution in [-0.4, -0.2) is 11.2 Å². The summed E-state index contributed by atoms with van der Waals surface area (Å²) in [6, 6.07) is 1.65. The second kappa shape index (κ2) is 7.46. The summed E-state index contributed by atoms with van der Waals surface area (Å²) in [5.74, 6) is -0.259. The first-order valence-electron chi connectivity index (χ1n) is 10.6. The number of pyridine rings is 1. The maximum absolute atomic E-state index is 13.9. The number of anilines is 1. The third-order valence-corrected chi connectivity index (χ3v) is 7.45. The van der Waals surface area contributed by atoms with Crippen LogP contribution >= 0.6 is 11.9 Å². The van der Waals surface area contributed by atoms with Gasteiger partial charge in [0.05, 0.1) is 24.1 Å². The first-order chi connectivity index (χ1) is 13.8. The molecule has 1 aliphatic heterocycles. The van der Waals surface area contributed by atoms with E-state index in [0.29, 0.717) is 12.0 Å². The minimum absolute atomic E-state index is 0.259. The normalized spacial score (nSPS) is 17.6. The average molecular weight is 411 g/mol. The van der Waals surface area contributed by atoms with Crippen molar-refractivity contribution in [3.05, 3.63) is 52.0 Å². The third kappa shape index (κ3) is 3.39. The summed E-state index contributed by atoms with van der Waals surface area (Å²) in [5.41, 5.74) is 11.8. The van der Waals surface area contributed by atoms with Gasteiger partial charge in [0.1, 0.15) is 5.82 Å². The molecule has 2 heterocycles. The third-order valence-electron chi connectivity index (χ3n) is 6.70. The monoisotopic (exact) mass is 410 g/mol. The zero-order valence-corrected chi connectivity index (χ0v) is 19.3. The second-order valence-corrected chi connectivity index (χ2v) is 9.96. The molecule has 0 atom stereocenters. The van der Waals surface area contributed by atoms with Gasteiger partial charge in [0.25, 0.3) is 0 Å². The summed E-state index contributed by atoms with van der Waals surface area (Å²) >= 11 is 1.71. The highest BCUT2D eigenvalue weighted by molar-refractivity contribution is 7.99. The Morgan fingerprint density at radius 2 is 1.97 bits per heavy atom. The second-order valence-electron chi connectivity index (χ2n) is 9.16. The number of hydrogen-bond acceptors (Lipinski definition) is 3. The first kappa shape index (κ1) is 20.5. The Labute approximate surface area is 178 Å². The molecule has 29 heavy (non-hydrogen) atoms. The van der Waals surface area contributed by atoms with Crippen molar-refractivity contribution in [2.45, 2.75) is 66.8 Å². The first-order valence-corrected chi connectivity index (χ1v) is 11.8. The van der Waals surface area contributed by atoms with Gasteiger partial charge in [-0.1, -0.05) is 38.8 Å². The van der Waals surface area contributed by atoms with Crippen molar-refractivity contribution in [2.24, 2.45) is 5.41 Å².